The van der Waals surface area contributed by atoms with Gasteiger partial charge in [0.2, 0.25) is 0 Å². The Hall–Kier alpha value is -2.53. The Balaban J connectivity index is 2.41. The van der Waals surface area contributed by atoms with Gasteiger partial charge < -0.3 is 5.11 Å². The van der Waals surface area contributed by atoms with E-state index in [0.717, 1.165) is 11.1 Å². The Bertz CT molecular complexity index is 631. The standard InChI is InChI=1S/C16H12O2/c1-12-7-9-14(15(11-12)16(17)18)10-8-13-5-3-2-4-6-13/h2-7,9,11H,1H3,(H,17,18). The number of hydrogen-bond acceptors (Lipinski definition) is 1. The molecule has 0 heterocycles. The smallest absolute Gasteiger partial charge is 0.336 e. The Morgan fingerprint density at radius 3 is 2.44 bits per heavy atom. The van der Waals surface area contributed by atoms with Crippen LogP contribution < -0.4 is 0 Å². The molecule has 0 aliphatic heterocycles. The number of aryl methyl sites for hydroxylation is 1. The van der Waals surface area contributed by atoms with Crippen molar-refractivity contribution in [3.8, 4) is 11.8 Å². The molecule has 0 spiro atoms. The Kier molecular flexibility index (Phi) is 3.45. The second-order valence-corrected chi connectivity index (χ2v) is 3.97. The van der Waals surface area contributed by atoms with Gasteiger partial charge in [0.1, 0.15) is 0 Å². The summed E-state index contributed by atoms with van der Waals surface area (Å²) in [5.74, 6) is 4.92. The summed E-state index contributed by atoms with van der Waals surface area (Å²) in [5, 5.41) is 9.12. The number of carboxylic acid groups (broad SMARTS) is 1. The molecule has 0 aliphatic rings. The lowest BCUT2D eigenvalue weighted by molar-refractivity contribution is 0.0696. The third-order valence-electron chi connectivity index (χ3n) is 2.52. The first-order valence-electron chi connectivity index (χ1n) is 5.58. The van der Waals surface area contributed by atoms with Crippen molar-refractivity contribution in [2.45, 2.75) is 6.92 Å². The van der Waals surface area contributed by atoms with Crippen molar-refractivity contribution in [1.29, 1.82) is 0 Å². The van der Waals surface area contributed by atoms with E-state index < -0.39 is 5.97 Å². The average molecular weight is 236 g/mol. The third kappa shape index (κ3) is 2.78. The minimum absolute atomic E-state index is 0.249. The largest absolute Gasteiger partial charge is 0.478 e. The topological polar surface area (TPSA) is 37.3 Å². The molecule has 2 rings (SSSR count). The highest BCUT2D eigenvalue weighted by Gasteiger charge is 2.07. The maximum Gasteiger partial charge on any atom is 0.336 e. The van der Waals surface area contributed by atoms with Crippen LogP contribution in [0.5, 0.6) is 0 Å². The maximum absolute atomic E-state index is 11.1. The molecule has 0 unspecified atom stereocenters. The summed E-state index contributed by atoms with van der Waals surface area (Å²) >= 11 is 0. The zero-order chi connectivity index (χ0) is 13.0. The lowest BCUT2D eigenvalue weighted by atomic mass is 10.0. The van der Waals surface area contributed by atoms with Crippen LogP contribution in [0.4, 0.5) is 0 Å². The predicted molar refractivity (Wildman–Crippen MR) is 70.6 cm³/mol. The summed E-state index contributed by atoms with van der Waals surface area (Å²) in [5.41, 5.74) is 2.57. The molecule has 0 saturated heterocycles. The van der Waals surface area contributed by atoms with Gasteiger partial charge in [0.05, 0.1) is 5.56 Å². The molecule has 0 radical (unpaired) electrons. The van der Waals surface area contributed by atoms with Crippen molar-refractivity contribution >= 4 is 5.97 Å². The zero-order valence-corrected chi connectivity index (χ0v) is 9.97. The van der Waals surface area contributed by atoms with Gasteiger partial charge in [-0.25, -0.2) is 4.79 Å². The molecule has 2 aromatic rings. The molecule has 0 aliphatic carbocycles. The number of aromatic carboxylic acids is 1. The number of benzene rings is 2. The molecule has 0 amide bonds. The molecule has 2 nitrogen and oxygen atoms in total. The van der Waals surface area contributed by atoms with Gasteiger partial charge in [0.15, 0.2) is 0 Å². The Morgan fingerprint density at radius 2 is 1.78 bits per heavy atom. The number of hydrogen-bond donors (Lipinski definition) is 1. The molecule has 0 saturated carbocycles. The highest BCUT2D eigenvalue weighted by Crippen LogP contribution is 2.11. The number of rotatable bonds is 1. The van der Waals surface area contributed by atoms with Gasteiger partial charge >= 0.3 is 5.97 Å². The number of carbonyl (C=O) groups is 1. The summed E-state index contributed by atoms with van der Waals surface area (Å²) in [6, 6.07) is 14.7. The van der Waals surface area contributed by atoms with Crippen LogP contribution in [0.1, 0.15) is 27.0 Å². The maximum atomic E-state index is 11.1. The quantitative estimate of drug-likeness (QED) is 0.772. The fourth-order valence-electron chi connectivity index (χ4n) is 1.61. The van der Waals surface area contributed by atoms with E-state index in [2.05, 4.69) is 11.8 Å². The van der Waals surface area contributed by atoms with Gasteiger partial charge in [-0.05, 0) is 31.2 Å². The van der Waals surface area contributed by atoms with Crippen LogP contribution in [0.3, 0.4) is 0 Å². The first-order valence-corrected chi connectivity index (χ1v) is 5.58. The second-order valence-electron chi connectivity index (χ2n) is 3.97. The van der Waals surface area contributed by atoms with E-state index in [4.69, 9.17) is 5.11 Å². The summed E-state index contributed by atoms with van der Waals surface area (Å²) in [6.07, 6.45) is 0. The van der Waals surface area contributed by atoms with Crippen LogP contribution in [0.15, 0.2) is 48.5 Å². The highest BCUT2D eigenvalue weighted by atomic mass is 16.4. The molecule has 2 aromatic carbocycles. The van der Waals surface area contributed by atoms with Crippen molar-refractivity contribution < 1.29 is 9.90 Å². The normalized spacial score (nSPS) is 9.39. The first-order chi connectivity index (χ1) is 8.66. The van der Waals surface area contributed by atoms with Crippen molar-refractivity contribution in [2.24, 2.45) is 0 Å². The summed E-state index contributed by atoms with van der Waals surface area (Å²) in [6.45, 7) is 1.86. The van der Waals surface area contributed by atoms with E-state index in [9.17, 15) is 4.79 Å². The van der Waals surface area contributed by atoms with Gasteiger partial charge in [-0.1, -0.05) is 41.7 Å². The van der Waals surface area contributed by atoms with Crippen LogP contribution in [0.2, 0.25) is 0 Å². The second kappa shape index (κ2) is 5.20. The van der Waals surface area contributed by atoms with E-state index >= 15 is 0 Å². The van der Waals surface area contributed by atoms with E-state index in [1.54, 1.807) is 12.1 Å². The van der Waals surface area contributed by atoms with Crippen LogP contribution >= 0.6 is 0 Å². The van der Waals surface area contributed by atoms with Gasteiger partial charge in [-0.15, -0.1) is 0 Å². The lowest BCUT2D eigenvalue weighted by Gasteiger charge is -2.00. The van der Waals surface area contributed by atoms with Crippen LogP contribution in [-0.4, -0.2) is 11.1 Å². The van der Waals surface area contributed by atoms with Crippen molar-refractivity contribution in [1.82, 2.24) is 0 Å². The molecule has 2 heteroatoms. The van der Waals surface area contributed by atoms with Crippen LogP contribution in [0.25, 0.3) is 0 Å². The van der Waals surface area contributed by atoms with E-state index in [1.807, 2.05) is 43.3 Å². The number of carboxylic acids is 1. The minimum Gasteiger partial charge on any atom is -0.478 e. The fourth-order valence-corrected chi connectivity index (χ4v) is 1.61. The molecule has 18 heavy (non-hydrogen) atoms. The minimum atomic E-state index is -0.948. The monoisotopic (exact) mass is 236 g/mol. The third-order valence-corrected chi connectivity index (χ3v) is 2.52. The lowest BCUT2D eigenvalue weighted by Crippen LogP contribution is -2.00. The fraction of sp³-hybridized carbons (Fsp3) is 0.0625. The summed E-state index contributed by atoms with van der Waals surface area (Å²) in [4.78, 5) is 11.1. The SMILES string of the molecule is Cc1ccc(C#Cc2ccccc2)c(C(=O)O)c1. The summed E-state index contributed by atoms with van der Waals surface area (Å²) < 4.78 is 0. The van der Waals surface area contributed by atoms with Gasteiger partial charge in [0, 0.05) is 11.1 Å². The molecule has 1 N–H and O–H groups in total. The van der Waals surface area contributed by atoms with Crippen molar-refractivity contribution in [3.05, 3.63) is 70.8 Å². The highest BCUT2D eigenvalue weighted by molar-refractivity contribution is 5.91. The van der Waals surface area contributed by atoms with Crippen LogP contribution in [0, 0.1) is 18.8 Å². The van der Waals surface area contributed by atoms with E-state index in [0.29, 0.717) is 5.56 Å². The molecule has 88 valence electrons. The molecule has 0 bridgehead atoms. The molecule has 0 fully saturated rings. The van der Waals surface area contributed by atoms with Crippen molar-refractivity contribution in [3.63, 3.8) is 0 Å². The van der Waals surface area contributed by atoms with E-state index in [1.165, 1.54) is 0 Å². The Labute approximate surface area is 106 Å². The summed E-state index contributed by atoms with van der Waals surface area (Å²) in [7, 11) is 0. The molecule has 0 atom stereocenters. The molecular weight excluding hydrogens is 224 g/mol. The average Bonchev–Trinajstić information content (AvgIpc) is 2.38. The van der Waals surface area contributed by atoms with Crippen molar-refractivity contribution in [2.75, 3.05) is 0 Å². The Morgan fingerprint density at radius 1 is 1.06 bits per heavy atom. The van der Waals surface area contributed by atoms with Gasteiger partial charge in [-0.3, -0.25) is 0 Å². The zero-order valence-electron chi connectivity index (χ0n) is 9.97. The van der Waals surface area contributed by atoms with Gasteiger partial charge in [-0.2, -0.15) is 0 Å². The van der Waals surface area contributed by atoms with E-state index in [-0.39, 0.29) is 5.56 Å². The molecule has 0 aromatic heterocycles. The molecular formula is C16H12O2. The van der Waals surface area contributed by atoms with Gasteiger partial charge in [0.25, 0.3) is 0 Å². The first kappa shape index (κ1) is 11.9. The van der Waals surface area contributed by atoms with Crippen LogP contribution in [-0.2, 0) is 0 Å². The predicted octanol–water partition coefficient (Wildman–Crippen LogP) is 3.09.